The Kier molecular flexibility index (Phi) is 6.24. The highest BCUT2D eigenvalue weighted by atomic mass is 16.5. The van der Waals surface area contributed by atoms with E-state index in [9.17, 15) is 0 Å². The zero-order valence-electron chi connectivity index (χ0n) is 14.6. The molecule has 0 aliphatic carbocycles. The molecule has 3 aromatic carbocycles. The molecule has 0 heterocycles. The molecule has 0 aliphatic heterocycles. The lowest BCUT2D eigenvalue weighted by Crippen LogP contribution is -2.19. The van der Waals surface area contributed by atoms with E-state index >= 15 is 0 Å². The summed E-state index contributed by atoms with van der Waals surface area (Å²) in [6.07, 6.45) is 1.96. The normalized spacial score (nSPS) is 10.8. The molecule has 0 N–H and O–H groups in total. The van der Waals surface area contributed by atoms with Crippen LogP contribution in [0.5, 0.6) is 5.75 Å². The first-order valence-electron chi connectivity index (χ1n) is 8.66. The maximum absolute atomic E-state index is 6.27. The van der Waals surface area contributed by atoms with Crippen LogP contribution in [0.15, 0.2) is 84.9 Å². The molecule has 0 spiro atoms. The van der Waals surface area contributed by atoms with E-state index in [4.69, 9.17) is 9.47 Å². The molecule has 3 aromatic rings. The third-order valence-electron chi connectivity index (χ3n) is 4.26. The van der Waals surface area contributed by atoms with Crippen LogP contribution in [0, 0.1) is 0 Å². The van der Waals surface area contributed by atoms with E-state index in [1.54, 1.807) is 7.11 Å². The second-order valence-corrected chi connectivity index (χ2v) is 6.16. The third-order valence-corrected chi connectivity index (χ3v) is 4.26. The van der Waals surface area contributed by atoms with Gasteiger partial charge in [-0.3, -0.25) is 0 Å². The Labute approximate surface area is 150 Å². The van der Waals surface area contributed by atoms with Gasteiger partial charge in [-0.15, -0.1) is 0 Å². The average molecular weight is 332 g/mol. The second-order valence-electron chi connectivity index (χ2n) is 6.16. The zero-order valence-corrected chi connectivity index (χ0v) is 14.6. The highest BCUT2D eigenvalue weighted by molar-refractivity contribution is 5.27. The fourth-order valence-corrected chi connectivity index (χ4v) is 2.88. The van der Waals surface area contributed by atoms with Crippen molar-refractivity contribution in [2.45, 2.75) is 25.6 Å². The van der Waals surface area contributed by atoms with Crippen LogP contribution in [-0.4, -0.2) is 13.2 Å². The number of hydrogen-bond acceptors (Lipinski definition) is 2. The van der Waals surface area contributed by atoms with Crippen LogP contribution in [-0.2, 0) is 24.2 Å². The molecule has 2 heteroatoms. The van der Waals surface area contributed by atoms with Gasteiger partial charge in [-0.1, -0.05) is 72.8 Å². The van der Waals surface area contributed by atoms with Gasteiger partial charge in [0.15, 0.2) is 0 Å². The first kappa shape index (κ1) is 17.2. The molecular weight excluding hydrogens is 308 g/mol. The van der Waals surface area contributed by atoms with Gasteiger partial charge in [-0.25, -0.2) is 0 Å². The minimum atomic E-state index is 0.145. The number of ether oxygens (including phenoxy) is 2. The lowest BCUT2D eigenvalue weighted by atomic mass is 10.0. The summed E-state index contributed by atoms with van der Waals surface area (Å²) < 4.78 is 11.5. The molecule has 3 rings (SSSR count). The van der Waals surface area contributed by atoms with Crippen molar-refractivity contribution in [3.05, 3.63) is 102 Å². The maximum atomic E-state index is 6.27. The third kappa shape index (κ3) is 5.47. The van der Waals surface area contributed by atoms with Crippen molar-refractivity contribution < 1.29 is 9.47 Å². The van der Waals surface area contributed by atoms with Crippen molar-refractivity contribution in [1.29, 1.82) is 0 Å². The Morgan fingerprint density at radius 1 is 0.640 bits per heavy atom. The van der Waals surface area contributed by atoms with E-state index in [-0.39, 0.29) is 6.10 Å². The molecule has 0 aliphatic rings. The van der Waals surface area contributed by atoms with Crippen LogP contribution in [0.2, 0.25) is 0 Å². The number of benzene rings is 3. The van der Waals surface area contributed by atoms with Gasteiger partial charge >= 0.3 is 0 Å². The van der Waals surface area contributed by atoms with Crippen LogP contribution >= 0.6 is 0 Å². The summed E-state index contributed by atoms with van der Waals surface area (Å²) in [5.41, 5.74) is 3.77. The highest BCUT2D eigenvalue weighted by Crippen LogP contribution is 2.16. The Morgan fingerprint density at radius 2 is 1.16 bits per heavy atom. The summed E-state index contributed by atoms with van der Waals surface area (Å²) in [5.74, 6) is 0.869. The molecule has 0 amide bonds. The van der Waals surface area contributed by atoms with Crippen LogP contribution in [0.3, 0.4) is 0 Å². The predicted molar refractivity (Wildman–Crippen MR) is 102 cm³/mol. The van der Waals surface area contributed by atoms with Crippen molar-refractivity contribution in [1.82, 2.24) is 0 Å². The van der Waals surface area contributed by atoms with Gasteiger partial charge in [0.25, 0.3) is 0 Å². The molecule has 0 unspecified atom stereocenters. The summed E-state index contributed by atoms with van der Waals surface area (Å²) in [4.78, 5) is 0. The summed E-state index contributed by atoms with van der Waals surface area (Å²) >= 11 is 0. The fraction of sp³-hybridized carbons (Fsp3) is 0.217. The van der Waals surface area contributed by atoms with Crippen molar-refractivity contribution in [3.63, 3.8) is 0 Å². The smallest absolute Gasteiger partial charge is 0.118 e. The zero-order chi connectivity index (χ0) is 17.3. The van der Waals surface area contributed by atoms with E-state index in [2.05, 4.69) is 60.7 Å². The highest BCUT2D eigenvalue weighted by Gasteiger charge is 2.12. The number of methoxy groups -OCH3 is 1. The van der Waals surface area contributed by atoms with Crippen molar-refractivity contribution in [2.75, 3.05) is 7.11 Å². The standard InChI is InChI=1S/C23H24O2/c1-24-22-14-12-21(13-15-22)18-25-23(16-19-8-4-2-5-9-19)17-20-10-6-3-7-11-20/h2-15,23H,16-18H2,1H3. The van der Waals surface area contributed by atoms with E-state index in [1.165, 1.54) is 11.1 Å². The van der Waals surface area contributed by atoms with Gasteiger partial charge in [-0.05, 0) is 41.7 Å². The molecule has 2 nitrogen and oxygen atoms in total. The van der Waals surface area contributed by atoms with Crippen molar-refractivity contribution in [3.8, 4) is 5.75 Å². The van der Waals surface area contributed by atoms with E-state index in [1.807, 2.05) is 24.3 Å². The van der Waals surface area contributed by atoms with Gasteiger partial charge in [0.1, 0.15) is 5.75 Å². The van der Waals surface area contributed by atoms with Crippen molar-refractivity contribution in [2.24, 2.45) is 0 Å². The Balaban J connectivity index is 1.66. The van der Waals surface area contributed by atoms with Gasteiger partial charge in [0.05, 0.1) is 19.8 Å². The van der Waals surface area contributed by atoms with Crippen LogP contribution in [0.4, 0.5) is 0 Å². The van der Waals surface area contributed by atoms with E-state index in [0.29, 0.717) is 6.61 Å². The molecule has 0 saturated carbocycles. The molecule has 0 aromatic heterocycles. The molecule has 0 atom stereocenters. The summed E-state index contributed by atoms with van der Waals surface area (Å²) in [5, 5.41) is 0. The van der Waals surface area contributed by atoms with Gasteiger partial charge < -0.3 is 9.47 Å². The Bertz CT molecular complexity index is 695. The first-order valence-corrected chi connectivity index (χ1v) is 8.66. The number of rotatable bonds is 8. The Hall–Kier alpha value is -2.58. The maximum Gasteiger partial charge on any atom is 0.118 e. The van der Waals surface area contributed by atoms with Crippen LogP contribution in [0.1, 0.15) is 16.7 Å². The quantitative estimate of drug-likeness (QED) is 0.573. The molecule has 0 saturated heterocycles. The molecule has 128 valence electrons. The molecule has 25 heavy (non-hydrogen) atoms. The van der Waals surface area contributed by atoms with Gasteiger partial charge in [0.2, 0.25) is 0 Å². The summed E-state index contributed by atoms with van der Waals surface area (Å²) in [7, 11) is 1.68. The minimum absolute atomic E-state index is 0.145. The SMILES string of the molecule is COc1ccc(COC(Cc2ccccc2)Cc2ccccc2)cc1. The van der Waals surface area contributed by atoms with Crippen LogP contribution in [0.25, 0.3) is 0 Å². The van der Waals surface area contributed by atoms with E-state index in [0.717, 1.165) is 24.2 Å². The lowest BCUT2D eigenvalue weighted by Gasteiger charge is -2.19. The van der Waals surface area contributed by atoms with Gasteiger partial charge in [0, 0.05) is 0 Å². The van der Waals surface area contributed by atoms with E-state index < -0.39 is 0 Å². The molecule has 0 radical (unpaired) electrons. The van der Waals surface area contributed by atoms with Gasteiger partial charge in [-0.2, -0.15) is 0 Å². The lowest BCUT2D eigenvalue weighted by molar-refractivity contribution is 0.0412. The molecule has 0 fully saturated rings. The second kappa shape index (κ2) is 9.05. The monoisotopic (exact) mass is 332 g/mol. The fourth-order valence-electron chi connectivity index (χ4n) is 2.88. The molecular formula is C23H24O2. The largest absolute Gasteiger partial charge is 0.497 e. The minimum Gasteiger partial charge on any atom is -0.497 e. The Morgan fingerprint density at radius 3 is 1.64 bits per heavy atom. The van der Waals surface area contributed by atoms with Crippen molar-refractivity contribution >= 4 is 0 Å². The first-order chi connectivity index (χ1) is 12.3. The predicted octanol–water partition coefficient (Wildman–Crippen LogP) is 5.07. The number of hydrogen-bond donors (Lipinski definition) is 0. The topological polar surface area (TPSA) is 18.5 Å². The average Bonchev–Trinajstić information content (AvgIpc) is 2.68. The molecule has 0 bridgehead atoms. The van der Waals surface area contributed by atoms with Crippen LogP contribution < -0.4 is 4.74 Å². The summed E-state index contributed by atoms with van der Waals surface area (Å²) in [6, 6.07) is 29.1. The summed E-state index contributed by atoms with van der Waals surface area (Å²) in [6.45, 7) is 0.605.